The molecule has 5 heteroatoms. The minimum Gasteiger partial charge on any atom is -0.429 e. The quantitative estimate of drug-likeness (QED) is 0.494. The maximum atomic E-state index is 11.7. The van der Waals surface area contributed by atoms with Crippen LogP contribution in [0.1, 0.15) is 63.5 Å². The number of piperidine rings is 1. The first-order valence-electron chi connectivity index (χ1n) is 10.0. The van der Waals surface area contributed by atoms with E-state index in [1.165, 1.54) is 43.2 Å². The van der Waals surface area contributed by atoms with Gasteiger partial charge in [-0.1, -0.05) is 25.8 Å². The molecular weight excluding hydrogens is 330 g/mol. The van der Waals surface area contributed by atoms with Crippen molar-refractivity contribution in [3.05, 3.63) is 29.3 Å². The molecule has 1 heterocycles. The van der Waals surface area contributed by atoms with Crippen molar-refractivity contribution >= 4 is 6.16 Å². The topological polar surface area (TPSA) is 56.8 Å². The zero-order valence-corrected chi connectivity index (χ0v) is 15.8. The number of rotatable bonds is 4. The van der Waals surface area contributed by atoms with Crippen LogP contribution >= 0.6 is 0 Å². The van der Waals surface area contributed by atoms with Crippen molar-refractivity contribution in [2.75, 3.05) is 6.54 Å². The molecule has 0 radical (unpaired) electrons. The predicted octanol–water partition coefficient (Wildman–Crippen LogP) is 4.28. The molecule has 4 atom stereocenters. The average molecular weight is 359 g/mol. The van der Waals surface area contributed by atoms with Crippen molar-refractivity contribution in [3.8, 4) is 5.75 Å². The molecule has 1 aromatic carbocycles. The van der Waals surface area contributed by atoms with Crippen LogP contribution in [0.4, 0.5) is 4.79 Å². The van der Waals surface area contributed by atoms with Gasteiger partial charge in [0.2, 0.25) is 0 Å². The standard InChI is InChI=1S/C21H29NO4/c1-3-14(2)24-20(23)26-25-16-8-7-15-12-19-17-6-4-5-9-21(17,10-11-22-19)18(15)13-16/h7-8,13-14,17,19,22H,3-6,9-12H2,1-2H3/t14?,17-,19+,21+/m0/s1. The third-order valence-electron chi connectivity index (χ3n) is 6.70. The first-order valence-corrected chi connectivity index (χ1v) is 10.0. The Morgan fingerprint density at radius 2 is 2.23 bits per heavy atom. The number of nitrogens with one attached hydrogen (secondary N) is 1. The van der Waals surface area contributed by atoms with Crippen LogP contribution in [0.2, 0.25) is 0 Å². The van der Waals surface area contributed by atoms with Gasteiger partial charge in [-0.3, -0.25) is 4.89 Å². The highest BCUT2D eigenvalue weighted by molar-refractivity contribution is 5.59. The number of benzene rings is 1. The SMILES string of the molecule is CCC(C)OC(=O)OOc1ccc2c(c1)[C@@]13CCCC[C@H]1[C@@H](C2)NCC3. The Morgan fingerprint density at radius 3 is 3.08 bits per heavy atom. The maximum Gasteiger partial charge on any atom is 0.550 e. The molecule has 2 bridgehead atoms. The molecule has 0 amide bonds. The molecule has 1 aliphatic heterocycles. The van der Waals surface area contributed by atoms with Crippen LogP contribution in [0.3, 0.4) is 0 Å². The Hall–Kier alpha value is -1.75. The third kappa shape index (κ3) is 3.07. The number of ether oxygens (including phenoxy) is 1. The lowest BCUT2D eigenvalue weighted by molar-refractivity contribution is -0.173. The molecule has 1 unspecified atom stereocenters. The van der Waals surface area contributed by atoms with Gasteiger partial charge in [-0.25, -0.2) is 4.89 Å². The summed E-state index contributed by atoms with van der Waals surface area (Å²) in [5.41, 5.74) is 3.09. The number of carbonyl (C=O) groups is 1. The van der Waals surface area contributed by atoms with Gasteiger partial charge in [0.1, 0.15) is 6.10 Å². The molecule has 1 aromatic rings. The van der Waals surface area contributed by atoms with E-state index in [9.17, 15) is 4.79 Å². The van der Waals surface area contributed by atoms with Crippen LogP contribution in [0, 0.1) is 5.92 Å². The summed E-state index contributed by atoms with van der Waals surface area (Å²) in [6, 6.07) is 6.74. The molecule has 0 spiro atoms. The number of fused-ring (bicyclic) bond motifs is 1. The average Bonchev–Trinajstić information content (AvgIpc) is 2.66. The highest BCUT2D eigenvalue weighted by Gasteiger charge is 2.51. The Balaban J connectivity index is 1.54. The molecule has 4 rings (SSSR count). The largest absolute Gasteiger partial charge is 0.550 e. The van der Waals surface area contributed by atoms with Crippen molar-refractivity contribution in [1.29, 1.82) is 0 Å². The molecule has 5 nitrogen and oxygen atoms in total. The lowest BCUT2D eigenvalue weighted by atomic mass is 9.53. The van der Waals surface area contributed by atoms with E-state index >= 15 is 0 Å². The summed E-state index contributed by atoms with van der Waals surface area (Å²) in [7, 11) is 0. The van der Waals surface area contributed by atoms with E-state index in [1.807, 2.05) is 19.9 Å². The van der Waals surface area contributed by atoms with Crippen LogP contribution in [-0.2, 0) is 21.5 Å². The molecule has 2 aliphatic carbocycles. The summed E-state index contributed by atoms with van der Waals surface area (Å²) in [4.78, 5) is 21.9. The summed E-state index contributed by atoms with van der Waals surface area (Å²) >= 11 is 0. The Labute approximate surface area is 155 Å². The lowest BCUT2D eigenvalue weighted by Crippen LogP contribution is -2.59. The van der Waals surface area contributed by atoms with Gasteiger partial charge in [0, 0.05) is 11.5 Å². The van der Waals surface area contributed by atoms with Crippen molar-refractivity contribution < 1.29 is 19.3 Å². The van der Waals surface area contributed by atoms with Gasteiger partial charge in [0.15, 0.2) is 5.75 Å². The second-order valence-electron chi connectivity index (χ2n) is 8.10. The molecule has 1 saturated heterocycles. The molecule has 1 saturated carbocycles. The second-order valence-corrected chi connectivity index (χ2v) is 8.10. The van der Waals surface area contributed by atoms with Gasteiger partial charge >= 0.3 is 6.16 Å². The van der Waals surface area contributed by atoms with E-state index in [0.717, 1.165) is 19.4 Å². The minimum atomic E-state index is -0.785. The zero-order chi connectivity index (χ0) is 18.1. The summed E-state index contributed by atoms with van der Waals surface area (Å²) in [5.74, 6) is 1.30. The van der Waals surface area contributed by atoms with E-state index in [4.69, 9.17) is 14.5 Å². The maximum absolute atomic E-state index is 11.7. The zero-order valence-electron chi connectivity index (χ0n) is 15.8. The minimum absolute atomic E-state index is 0.178. The Kier molecular flexibility index (Phi) is 4.82. The third-order valence-corrected chi connectivity index (χ3v) is 6.70. The summed E-state index contributed by atoms with van der Waals surface area (Å²) < 4.78 is 5.09. The fourth-order valence-electron chi connectivity index (χ4n) is 5.30. The van der Waals surface area contributed by atoms with Crippen LogP contribution in [0.5, 0.6) is 5.75 Å². The van der Waals surface area contributed by atoms with E-state index in [0.29, 0.717) is 17.7 Å². The Bertz CT molecular complexity index is 672. The molecule has 0 aromatic heterocycles. The molecule has 26 heavy (non-hydrogen) atoms. The van der Waals surface area contributed by atoms with Gasteiger partial charge in [0.25, 0.3) is 0 Å². The van der Waals surface area contributed by atoms with Crippen LogP contribution in [0.15, 0.2) is 18.2 Å². The fourth-order valence-corrected chi connectivity index (χ4v) is 5.30. The molecule has 2 fully saturated rings. The number of hydrogen-bond donors (Lipinski definition) is 1. The predicted molar refractivity (Wildman–Crippen MR) is 98.1 cm³/mol. The van der Waals surface area contributed by atoms with E-state index in [1.54, 1.807) is 0 Å². The smallest absolute Gasteiger partial charge is 0.429 e. The normalized spacial score (nSPS) is 30.5. The van der Waals surface area contributed by atoms with E-state index < -0.39 is 6.16 Å². The first-order chi connectivity index (χ1) is 12.6. The lowest BCUT2D eigenvalue weighted by Gasteiger charge is -2.55. The monoisotopic (exact) mass is 359 g/mol. The molecule has 3 aliphatic rings. The Morgan fingerprint density at radius 1 is 1.35 bits per heavy atom. The van der Waals surface area contributed by atoms with Crippen molar-refractivity contribution in [2.45, 2.75) is 76.4 Å². The molecule has 142 valence electrons. The number of hydrogen-bond acceptors (Lipinski definition) is 5. The van der Waals surface area contributed by atoms with Crippen molar-refractivity contribution in [1.82, 2.24) is 5.32 Å². The summed E-state index contributed by atoms with van der Waals surface area (Å²) in [6.07, 6.45) is 7.24. The highest BCUT2D eigenvalue weighted by Crippen LogP contribution is 2.54. The van der Waals surface area contributed by atoms with Gasteiger partial charge in [-0.15, -0.1) is 0 Å². The van der Waals surface area contributed by atoms with Crippen LogP contribution < -0.4 is 10.2 Å². The molecule has 1 N–H and O–H groups in total. The van der Waals surface area contributed by atoms with E-state index in [2.05, 4.69) is 17.4 Å². The highest BCUT2D eigenvalue weighted by atomic mass is 17.2. The van der Waals surface area contributed by atoms with Crippen LogP contribution in [-0.4, -0.2) is 24.8 Å². The van der Waals surface area contributed by atoms with Gasteiger partial charge in [-0.05, 0) is 74.8 Å². The van der Waals surface area contributed by atoms with Crippen molar-refractivity contribution in [3.63, 3.8) is 0 Å². The summed E-state index contributed by atoms with van der Waals surface area (Å²) in [5, 5.41) is 3.75. The number of carbonyl (C=O) groups excluding carboxylic acids is 1. The fraction of sp³-hybridized carbons (Fsp3) is 0.667. The second kappa shape index (κ2) is 7.10. The van der Waals surface area contributed by atoms with Gasteiger partial charge < -0.3 is 10.1 Å². The summed E-state index contributed by atoms with van der Waals surface area (Å²) in [6.45, 7) is 4.87. The van der Waals surface area contributed by atoms with Gasteiger partial charge in [-0.2, -0.15) is 4.79 Å². The molecular formula is C21H29NO4. The van der Waals surface area contributed by atoms with Gasteiger partial charge in [0.05, 0.1) is 0 Å². The van der Waals surface area contributed by atoms with E-state index in [-0.39, 0.29) is 11.5 Å². The first kappa shape index (κ1) is 17.7. The van der Waals surface area contributed by atoms with Crippen LogP contribution in [0.25, 0.3) is 0 Å². The van der Waals surface area contributed by atoms with Crippen molar-refractivity contribution in [2.24, 2.45) is 5.92 Å².